The highest BCUT2D eigenvalue weighted by molar-refractivity contribution is 9.10. The van der Waals surface area contributed by atoms with Crippen LogP contribution in [0.3, 0.4) is 0 Å². The lowest BCUT2D eigenvalue weighted by Gasteiger charge is -2.07. The Hall–Kier alpha value is -1.66. The van der Waals surface area contributed by atoms with Crippen molar-refractivity contribution in [3.05, 3.63) is 56.1 Å². The Morgan fingerprint density at radius 1 is 1.33 bits per heavy atom. The topological polar surface area (TPSA) is 65.3 Å². The number of hydrogen-bond donors (Lipinski definition) is 0. The molecule has 7 heteroatoms. The van der Waals surface area contributed by atoms with Crippen molar-refractivity contribution in [2.24, 2.45) is 0 Å². The van der Waals surface area contributed by atoms with E-state index in [1.165, 1.54) is 24.4 Å². The molecule has 0 amide bonds. The summed E-state index contributed by atoms with van der Waals surface area (Å²) in [5, 5.41) is 11.0. The maximum absolute atomic E-state index is 10.9. The molecule has 18 heavy (non-hydrogen) atoms. The molecule has 0 atom stereocenters. The Labute approximate surface area is 116 Å². The van der Waals surface area contributed by atoms with Gasteiger partial charge in [0.05, 0.1) is 14.4 Å². The first kappa shape index (κ1) is 12.8. The molecule has 0 saturated heterocycles. The highest BCUT2D eigenvalue weighted by atomic mass is 79.9. The minimum Gasteiger partial charge on any atom is -0.429 e. The summed E-state index contributed by atoms with van der Waals surface area (Å²) < 4.78 is 5.98. The van der Waals surface area contributed by atoms with Gasteiger partial charge in [0.25, 0.3) is 0 Å². The number of ether oxygens (including phenoxy) is 1. The molecule has 2 rings (SSSR count). The zero-order chi connectivity index (χ0) is 13.1. The first-order valence-electron chi connectivity index (χ1n) is 4.81. The van der Waals surface area contributed by atoms with Crippen LogP contribution >= 0.6 is 27.5 Å². The standard InChI is InChI=1S/C11H6BrClN2O3/c12-7-3-2-6-14-11(7)18-10-8(13)4-1-5-9(10)15(16)17/h1-6H. The first-order valence-corrected chi connectivity index (χ1v) is 5.98. The molecular formula is C11H6BrClN2O3. The van der Waals surface area contributed by atoms with Crippen LogP contribution in [0.4, 0.5) is 5.69 Å². The van der Waals surface area contributed by atoms with Crippen molar-refractivity contribution in [2.75, 3.05) is 0 Å². The molecule has 0 aliphatic rings. The Kier molecular flexibility index (Phi) is 3.78. The fraction of sp³-hybridized carbons (Fsp3) is 0. The summed E-state index contributed by atoms with van der Waals surface area (Å²) in [6.07, 6.45) is 1.52. The van der Waals surface area contributed by atoms with Crippen LogP contribution in [0.2, 0.25) is 5.02 Å². The van der Waals surface area contributed by atoms with Gasteiger partial charge in [-0.2, -0.15) is 0 Å². The molecule has 5 nitrogen and oxygen atoms in total. The Bertz CT molecular complexity index is 607. The van der Waals surface area contributed by atoms with Crippen molar-refractivity contribution in [3.63, 3.8) is 0 Å². The minimum atomic E-state index is -0.557. The second kappa shape index (κ2) is 5.32. The maximum Gasteiger partial charge on any atom is 0.313 e. The fourth-order valence-corrected chi connectivity index (χ4v) is 1.83. The number of aromatic nitrogens is 1. The van der Waals surface area contributed by atoms with Gasteiger partial charge < -0.3 is 4.74 Å². The summed E-state index contributed by atoms with van der Waals surface area (Å²) in [6, 6.07) is 7.74. The molecule has 0 unspecified atom stereocenters. The number of hydrogen-bond acceptors (Lipinski definition) is 4. The molecule has 0 aliphatic carbocycles. The molecule has 1 heterocycles. The van der Waals surface area contributed by atoms with Crippen molar-refractivity contribution < 1.29 is 9.66 Å². The Morgan fingerprint density at radius 2 is 2.11 bits per heavy atom. The van der Waals surface area contributed by atoms with Gasteiger partial charge in [-0.15, -0.1) is 0 Å². The van der Waals surface area contributed by atoms with Gasteiger partial charge in [-0.05, 0) is 34.1 Å². The van der Waals surface area contributed by atoms with E-state index in [0.717, 1.165) is 0 Å². The summed E-state index contributed by atoms with van der Waals surface area (Å²) in [5.41, 5.74) is -0.208. The number of halogens is 2. The zero-order valence-electron chi connectivity index (χ0n) is 8.84. The average Bonchev–Trinajstić information content (AvgIpc) is 2.34. The van der Waals surface area contributed by atoms with Crippen molar-refractivity contribution in [3.8, 4) is 11.6 Å². The number of nitro benzene ring substituents is 1. The van der Waals surface area contributed by atoms with Gasteiger partial charge in [0.15, 0.2) is 0 Å². The molecule has 92 valence electrons. The third kappa shape index (κ3) is 2.60. The molecule has 1 aromatic heterocycles. The van der Waals surface area contributed by atoms with Crippen molar-refractivity contribution in [2.45, 2.75) is 0 Å². The Balaban J connectivity index is 2.46. The normalized spacial score (nSPS) is 10.1. The van der Waals surface area contributed by atoms with E-state index in [-0.39, 0.29) is 22.3 Å². The minimum absolute atomic E-state index is 0.0245. The maximum atomic E-state index is 10.9. The summed E-state index contributed by atoms with van der Waals surface area (Å²) in [6.45, 7) is 0. The number of para-hydroxylation sites is 1. The molecule has 2 aromatic rings. The van der Waals surface area contributed by atoms with Crippen LogP contribution in [0, 0.1) is 10.1 Å². The second-order valence-electron chi connectivity index (χ2n) is 3.24. The van der Waals surface area contributed by atoms with Crippen molar-refractivity contribution in [1.82, 2.24) is 4.98 Å². The molecule has 0 spiro atoms. The molecule has 1 aromatic carbocycles. The summed E-state index contributed by atoms with van der Waals surface area (Å²) in [7, 11) is 0. The molecular weight excluding hydrogens is 323 g/mol. The number of nitro groups is 1. The molecule has 0 aliphatic heterocycles. The number of rotatable bonds is 3. The van der Waals surface area contributed by atoms with E-state index < -0.39 is 4.92 Å². The van der Waals surface area contributed by atoms with Gasteiger partial charge in [-0.25, -0.2) is 4.98 Å². The molecule has 0 fully saturated rings. The van der Waals surface area contributed by atoms with Gasteiger partial charge in [0, 0.05) is 12.3 Å². The summed E-state index contributed by atoms with van der Waals surface area (Å²) in [5.74, 6) is 0.192. The van der Waals surface area contributed by atoms with Gasteiger partial charge in [-0.3, -0.25) is 10.1 Å². The lowest BCUT2D eigenvalue weighted by molar-refractivity contribution is -0.385. The van der Waals surface area contributed by atoms with Gasteiger partial charge >= 0.3 is 5.69 Å². The smallest absolute Gasteiger partial charge is 0.313 e. The van der Waals surface area contributed by atoms with E-state index in [9.17, 15) is 10.1 Å². The highest BCUT2D eigenvalue weighted by Crippen LogP contribution is 2.38. The predicted molar refractivity (Wildman–Crippen MR) is 70.1 cm³/mol. The van der Waals surface area contributed by atoms with Crippen LogP contribution in [-0.4, -0.2) is 9.91 Å². The third-order valence-corrected chi connectivity index (χ3v) is 2.97. The van der Waals surface area contributed by atoms with Crippen LogP contribution in [0.1, 0.15) is 0 Å². The van der Waals surface area contributed by atoms with E-state index in [1.807, 2.05) is 0 Å². The Morgan fingerprint density at radius 3 is 2.78 bits per heavy atom. The molecule has 0 radical (unpaired) electrons. The van der Waals surface area contributed by atoms with Gasteiger partial charge in [0.1, 0.15) is 0 Å². The van der Waals surface area contributed by atoms with Gasteiger partial charge in [-0.1, -0.05) is 17.7 Å². The number of pyridine rings is 1. The molecule has 0 saturated carbocycles. The summed E-state index contributed by atoms with van der Waals surface area (Å²) in [4.78, 5) is 14.3. The van der Waals surface area contributed by atoms with Gasteiger partial charge in [0.2, 0.25) is 11.6 Å². The monoisotopic (exact) mass is 328 g/mol. The quantitative estimate of drug-likeness (QED) is 0.625. The van der Waals surface area contributed by atoms with E-state index in [1.54, 1.807) is 12.1 Å². The first-order chi connectivity index (χ1) is 8.59. The number of nitrogens with zero attached hydrogens (tertiary/aromatic N) is 2. The summed E-state index contributed by atoms with van der Waals surface area (Å²) >= 11 is 9.14. The van der Waals surface area contributed by atoms with Crippen LogP contribution in [-0.2, 0) is 0 Å². The second-order valence-corrected chi connectivity index (χ2v) is 4.50. The SMILES string of the molecule is O=[N+]([O-])c1cccc(Cl)c1Oc1ncccc1Br. The predicted octanol–water partition coefficient (Wildman–Crippen LogP) is 4.20. The van der Waals surface area contributed by atoms with E-state index in [4.69, 9.17) is 16.3 Å². The fourth-order valence-electron chi connectivity index (χ4n) is 1.29. The van der Waals surface area contributed by atoms with Crippen molar-refractivity contribution >= 4 is 33.2 Å². The highest BCUT2D eigenvalue weighted by Gasteiger charge is 2.20. The lowest BCUT2D eigenvalue weighted by atomic mass is 10.3. The number of benzene rings is 1. The van der Waals surface area contributed by atoms with Crippen LogP contribution < -0.4 is 4.74 Å². The van der Waals surface area contributed by atoms with E-state index in [2.05, 4.69) is 20.9 Å². The zero-order valence-corrected chi connectivity index (χ0v) is 11.2. The average molecular weight is 330 g/mol. The molecule has 0 N–H and O–H groups in total. The largest absolute Gasteiger partial charge is 0.429 e. The third-order valence-electron chi connectivity index (χ3n) is 2.07. The molecule has 0 bridgehead atoms. The van der Waals surface area contributed by atoms with Crippen LogP contribution in [0.5, 0.6) is 11.6 Å². The van der Waals surface area contributed by atoms with Crippen LogP contribution in [0.15, 0.2) is 41.0 Å². The van der Waals surface area contributed by atoms with E-state index >= 15 is 0 Å². The lowest BCUT2D eigenvalue weighted by Crippen LogP contribution is -1.95. The van der Waals surface area contributed by atoms with Crippen LogP contribution in [0.25, 0.3) is 0 Å². The van der Waals surface area contributed by atoms with E-state index in [0.29, 0.717) is 4.47 Å². The van der Waals surface area contributed by atoms with Crippen molar-refractivity contribution in [1.29, 1.82) is 0 Å².